The second kappa shape index (κ2) is 6.67. The van der Waals surface area contributed by atoms with E-state index in [2.05, 4.69) is 47.3 Å². The van der Waals surface area contributed by atoms with Gasteiger partial charge in [0.15, 0.2) is 0 Å². The molecule has 24 heavy (non-hydrogen) atoms. The minimum absolute atomic E-state index is 0.0570. The van der Waals surface area contributed by atoms with Gasteiger partial charge in [0, 0.05) is 27.3 Å². The lowest BCUT2D eigenvalue weighted by molar-refractivity contribution is -0.127. The van der Waals surface area contributed by atoms with Crippen molar-refractivity contribution in [1.82, 2.24) is 4.90 Å². The molecule has 5 heteroatoms. The molecule has 0 saturated carbocycles. The summed E-state index contributed by atoms with van der Waals surface area (Å²) < 4.78 is 0. The Kier molecular flexibility index (Phi) is 4.39. The molecular weight excluding hydrogens is 354 g/mol. The van der Waals surface area contributed by atoms with Gasteiger partial charge < -0.3 is 4.90 Å². The predicted molar refractivity (Wildman–Crippen MR) is 104 cm³/mol. The Morgan fingerprint density at radius 2 is 2.04 bits per heavy atom. The van der Waals surface area contributed by atoms with E-state index in [0.29, 0.717) is 0 Å². The number of carbonyl (C=O) groups is 1. The summed E-state index contributed by atoms with van der Waals surface area (Å²) in [7, 11) is 0. The summed E-state index contributed by atoms with van der Waals surface area (Å²) in [4.78, 5) is 18.7. The summed E-state index contributed by atoms with van der Waals surface area (Å²) in [6.07, 6.45) is 4.64. The fraction of sp³-hybridized carbons (Fsp3) is 0.211. The van der Waals surface area contributed by atoms with Gasteiger partial charge in [0.2, 0.25) is 5.91 Å². The lowest BCUT2D eigenvalue weighted by Crippen LogP contribution is -2.38. The average Bonchev–Trinajstić information content (AvgIpc) is 3.33. The first-order valence-corrected chi connectivity index (χ1v) is 10.5. The molecule has 0 bridgehead atoms. The number of amides is 1. The van der Waals surface area contributed by atoms with Gasteiger partial charge >= 0.3 is 0 Å². The van der Waals surface area contributed by atoms with Crippen LogP contribution >= 0.6 is 34.0 Å². The van der Waals surface area contributed by atoms with E-state index in [4.69, 9.17) is 0 Å². The van der Waals surface area contributed by atoms with Crippen LogP contribution in [0.25, 0.3) is 6.08 Å². The van der Waals surface area contributed by atoms with Gasteiger partial charge in [-0.2, -0.15) is 0 Å². The van der Waals surface area contributed by atoms with Gasteiger partial charge in [-0.3, -0.25) is 4.79 Å². The molecule has 4 heterocycles. The molecule has 0 fully saturated rings. The first-order valence-electron chi connectivity index (χ1n) is 7.86. The van der Waals surface area contributed by atoms with E-state index >= 15 is 0 Å². The van der Waals surface area contributed by atoms with Gasteiger partial charge in [-0.1, -0.05) is 6.07 Å². The Hall–Kier alpha value is -1.69. The molecule has 122 valence electrons. The predicted octanol–water partition coefficient (Wildman–Crippen LogP) is 5.37. The van der Waals surface area contributed by atoms with Crippen LogP contribution in [0.3, 0.4) is 0 Å². The van der Waals surface area contributed by atoms with E-state index in [0.717, 1.165) is 17.8 Å². The highest BCUT2D eigenvalue weighted by molar-refractivity contribution is 7.11. The zero-order valence-electron chi connectivity index (χ0n) is 13.3. The van der Waals surface area contributed by atoms with Crippen molar-refractivity contribution in [3.8, 4) is 0 Å². The van der Waals surface area contributed by atoms with Crippen LogP contribution in [0.15, 0.2) is 46.5 Å². The topological polar surface area (TPSA) is 20.3 Å². The summed E-state index contributed by atoms with van der Waals surface area (Å²) in [6.45, 7) is 2.86. The fourth-order valence-electron chi connectivity index (χ4n) is 3.11. The van der Waals surface area contributed by atoms with E-state index in [9.17, 15) is 4.79 Å². The summed E-state index contributed by atoms with van der Waals surface area (Å²) >= 11 is 5.20. The van der Waals surface area contributed by atoms with Crippen molar-refractivity contribution in [3.63, 3.8) is 0 Å². The molecule has 3 aromatic heterocycles. The maximum absolute atomic E-state index is 12.9. The van der Waals surface area contributed by atoms with Crippen molar-refractivity contribution in [3.05, 3.63) is 72.2 Å². The molecule has 0 saturated heterocycles. The molecule has 2 nitrogen and oxygen atoms in total. The van der Waals surface area contributed by atoms with Gasteiger partial charge in [0.25, 0.3) is 0 Å². The summed E-state index contributed by atoms with van der Waals surface area (Å²) in [6, 6.07) is 8.52. The number of carbonyl (C=O) groups excluding carboxylic acids is 1. The lowest BCUT2D eigenvalue weighted by Gasteiger charge is -2.34. The summed E-state index contributed by atoms with van der Waals surface area (Å²) in [5, 5.41) is 6.29. The van der Waals surface area contributed by atoms with Crippen molar-refractivity contribution >= 4 is 46.0 Å². The summed E-state index contributed by atoms with van der Waals surface area (Å²) in [5.74, 6) is 0.0954. The van der Waals surface area contributed by atoms with Crippen LogP contribution in [-0.2, 0) is 11.2 Å². The quantitative estimate of drug-likeness (QED) is 0.567. The summed E-state index contributed by atoms with van der Waals surface area (Å²) in [5.41, 5.74) is 2.51. The molecule has 0 aliphatic carbocycles. The Balaban J connectivity index is 1.65. The molecule has 0 unspecified atom stereocenters. The van der Waals surface area contributed by atoms with Crippen molar-refractivity contribution in [1.29, 1.82) is 0 Å². The van der Waals surface area contributed by atoms with E-state index < -0.39 is 0 Å². The normalized spacial score (nSPS) is 17.4. The van der Waals surface area contributed by atoms with Crippen LogP contribution < -0.4 is 0 Å². The van der Waals surface area contributed by atoms with E-state index in [1.165, 1.54) is 20.9 Å². The SMILES string of the molecule is Cc1ccsc1/C=C/C(=O)N1CCc2sccc2[C@@H]1c1cccs1. The van der Waals surface area contributed by atoms with Crippen molar-refractivity contribution in [2.45, 2.75) is 19.4 Å². The Morgan fingerprint density at radius 3 is 2.79 bits per heavy atom. The Bertz CT molecular complexity index is 872. The van der Waals surface area contributed by atoms with Crippen LogP contribution in [0, 0.1) is 6.92 Å². The fourth-order valence-corrected chi connectivity index (χ4v) is 5.68. The lowest BCUT2D eigenvalue weighted by atomic mass is 9.98. The molecule has 3 aromatic rings. The van der Waals surface area contributed by atoms with Crippen LogP contribution in [-0.4, -0.2) is 17.4 Å². The second-order valence-corrected chi connectivity index (χ2v) is 8.73. The van der Waals surface area contributed by atoms with Crippen LogP contribution in [0.2, 0.25) is 0 Å². The minimum atomic E-state index is 0.0570. The number of hydrogen-bond donors (Lipinski definition) is 0. The van der Waals surface area contributed by atoms with Crippen molar-refractivity contribution < 1.29 is 4.79 Å². The number of rotatable bonds is 3. The molecule has 1 amide bonds. The minimum Gasteiger partial charge on any atom is -0.327 e. The Morgan fingerprint density at radius 1 is 1.17 bits per heavy atom. The second-order valence-electron chi connectivity index (χ2n) is 5.80. The van der Waals surface area contributed by atoms with Crippen LogP contribution in [0.4, 0.5) is 0 Å². The molecule has 4 rings (SSSR count). The zero-order chi connectivity index (χ0) is 16.5. The van der Waals surface area contributed by atoms with Gasteiger partial charge in [-0.05, 0) is 64.9 Å². The third-order valence-electron chi connectivity index (χ3n) is 4.34. The number of aryl methyl sites for hydroxylation is 1. The zero-order valence-corrected chi connectivity index (χ0v) is 15.7. The number of hydrogen-bond acceptors (Lipinski definition) is 4. The molecule has 0 radical (unpaired) electrons. The smallest absolute Gasteiger partial charge is 0.247 e. The highest BCUT2D eigenvalue weighted by Crippen LogP contribution is 2.39. The number of fused-ring (bicyclic) bond motifs is 1. The van der Waals surface area contributed by atoms with Crippen LogP contribution in [0.5, 0.6) is 0 Å². The van der Waals surface area contributed by atoms with Crippen LogP contribution in [0.1, 0.15) is 31.8 Å². The third-order valence-corrected chi connectivity index (χ3v) is 7.25. The number of nitrogens with zero attached hydrogens (tertiary/aromatic N) is 1. The number of thiophene rings is 3. The van der Waals surface area contributed by atoms with Crippen molar-refractivity contribution in [2.75, 3.05) is 6.54 Å². The molecule has 0 N–H and O–H groups in total. The molecule has 1 aliphatic heterocycles. The van der Waals surface area contributed by atoms with E-state index in [1.54, 1.807) is 40.1 Å². The third kappa shape index (κ3) is 2.88. The first kappa shape index (κ1) is 15.8. The standard InChI is InChI=1S/C19H17NOS3/c1-13-7-11-23-15(13)4-5-18(21)20-9-6-16-14(8-12-24-16)19(20)17-3-2-10-22-17/h2-5,7-8,10-12,19H,6,9H2,1H3/b5-4+/t19-/m1/s1. The maximum atomic E-state index is 12.9. The van der Waals surface area contributed by atoms with Gasteiger partial charge in [-0.25, -0.2) is 0 Å². The average molecular weight is 372 g/mol. The molecule has 1 aliphatic rings. The largest absolute Gasteiger partial charge is 0.327 e. The monoisotopic (exact) mass is 371 g/mol. The first-order chi connectivity index (χ1) is 11.7. The highest BCUT2D eigenvalue weighted by Gasteiger charge is 2.32. The molecule has 1 atom stereocenters. The van der Waals surface area contributed by atoms with E-state index in [1.807, 2.05) is 11.0 Å². The Labute approximate surface area is 153 Å². The maximum Gasteiger partial charge on any atom is 0.247 e. The molecular formula is C19H17NOS3. The van der Waals surface area contributed by atoms with Gasteiger partial charge in [0.05, 0.1) is 6.04 Å². The van der Waals surface area contributed by atoms with Gasteiger partial charge in [0.1, 0.15) is 0 Å². The van der Waals surface area contributed by atoms with E-state index in [-0.39, 0.29) is 11.9 Å². The highest BCUT2D eigenvalue weighted by atomic mass is 32.1. The van der Waals surface area contributed by atoms with Crippen molar-refractivity contribution in [2.24, 2.45) is 0 Å². The van der Waals surface area contributed by atoms with Gasteiger partial charge in [-0.15, -0.1) is 34.0 Å². The molecule has 0 spiro atoms. The molecule has 0 aromatic carbocycles.